The van der Waals surface area contributed by atoms with Gasteiger partial charge in [-0.05, 0) is 6.07 Å². The lowest BCUT2D eigenvalue weighted by Crippen LogP contribution is -2.54. The number of pyridine rings is 1. The first kappa shape index (κ1) is 17.2. The van der Waals surface area contributed by atoms with Crippen LogP contribution < -0.4 is 10.1 Å². The van der Waals surface area contributed by atoms with Crippen LogP contribution in [0, 0.1) is 0 Å². The van der Waals surface area contributed by atoms with Crippen LogP contribution in [0.4, 0.5) is 4.79 Å². The van der Waals surface area contributed by atoms with E-state index in [0.717, 1.165) is 4.90 Å². The molecule has 134 valence electrons. The number of carbonyl (C=O) groups excluding carboxylic acids is 3. The van der Waals surface area contributed by atoms with Crippen molar-refractivity contribution in [3.63, 3.8) is 0 Å². The number of amides is 4. The van der Waals surface area contributed by atoms with Crippen LogP contribution in [0.25, 0.3) is 0 Å². The van der Waals surface area contributed by atoms with E-state index in [2.05, 4.69) is 10.3 Å². The standard InChI is InChI=1S/C16H20N4O5/c1-19-9-15(22)20(16(19)23)8-13(21)18-11-10-24-7-5-12(11)25-14-4-2-3-6-17-14/h2-4,6,11-12H,5,7-10H2,1H3,(H,18,21)/t11-,12-/m1/s1. The zero-order chi connectivity index (χ0) is 17.8. The molecule has 1 aromatic rings. The topological polar surface area (TPSA) is 101 Å². The minimum absolute atomic E-state index is 0.00986. The monoisotopic (exact) mass is 348 g/mol. The SMILES string of the molecule is CN1CC(=O)N(CC(=O)N[C@@H]2COCC[C@H]2Oc2ccccn2)C1=O. The van der Waals surface area contributed by atoms with Crippen molar-refractivity contribution in [2.24, 2.45) is 0 Å². The molecule has 1 aromatic heterocycles. The van der Waals surface area contributed by atoms with Crippen molar-refractivity contribution in [3.8, 4) is 5.88 Å². The van der Waals surface area contributed by atoms with E-state index in [9.17, 15) is 14.4 Å². The number of carbonyl (C=O) groups is 3. The molecule has 0 spiro atoms. The van der Waals surface area contributed by atoms with Crippen LogP contribution >= 0.6 is 0 Å². The maximum atomic E-state index is 12.3. The number of hydrogen-bond donors (Lipinski definition) is 1. The molecule has 0 bridgehead atoms. The van der Waals surface area contributed by atoms with E-state index in [1.807, 2.05) is 6.07 Å². The number of rotatable bonds is 5. The van der Waals surface area contributed by atoms with Gasteiger partial charge in [-0.1, -0.05) is 6.07 Å². The number of nitrogens with zero attached hydrogens (tertiary/aromatic N) is 3. The predicted octanol–water partition coefficient (Wildman–Crippen LogP) is -0.372. The van der Waals surface area contributed by atoms with Crippen molar-refractivity contribution in [2.75, 3.05) is 33.4 Å². The predicted molar refractivity (Wildman–Crippen MR) is 85.8 cm³/mol. The summed E-state index contributed by atoms with van der Waals surface area (Å²) in [5.74, 6) is -0.342. The fraction of sp³-hybridized carbons (Fsp3) is 0.500. The Labute approximate surface area is 144 Å². The first-order valence-corrected chi connectivity index (χ1v) is 8.05. The molecule has 2 aliphatic heterocycles. The second-order valence-electron chi connectivity index (χ2n) is 5.98. The van der Waals surface area contributed by atoms with Crippen LogP contribution in [0.1, 0.15) is 6.42 Å². The summed E-state index contributed by atoms with van der Waals surface area (Å²) in [4.78, 5) is 42.2. The average molecular weight is 348 g/mol. The van der Waals surface area contributed by atoms with Gasteiger partial charge in [-0.2, -0.15) is 0 Å². The molecular weight excluding hydrogens is 328 g/mol. The highest BCUT2D eigenvalue weighted by Gasteiger charge is 2.36. The Morgan fingerprint density at radius 2 is 2.28 bits per heavy atom. The molecule has 9 nitrogen and oxygen atoms in total. The minimum atomic E-state index is -0.471. The third kappa shape index (κ3) is 4.05. The quantitative estimate of drug-likeness (QED) is 0.729. The summed E-state index contributed by atoms with van der Waals surface area (Å²) in [5.41, 5.74) is 0. The normalized spacial score (nSPS) is 23.7. The van der Waals surface area contributed by atoms with Gasteiger partial charge in [0.05, 0.1) is 19.3 Å². The number of aromatic nitrogens is 1. The largest absolute Gasteiger partial charge is 0.472 e. The number of ether oxygens (including phenoxy) is 2. The van der Waals surface area contributed by atoms with E-state index in [4.69, 9.17) is 9.47 Å². The van der Waals surface area contributed by atoms with Gasteiger partial charge in [-0.15, -0.1) is 0 Å². The number of hydrogen-bond acceptors (Lipinski definition) is 6. The third-order valence-electron chi connectivity index (χ3n) is 4.08. The Morgan fingerprint density at radius 1 is 1.44 bits per heavy atom. The lowest BCUT2D eigenvalue weighted by atomic mass is 10.1. The van der Waals surface area contributed by atoms with Gasteiger partial charge in [0.1, 0.15) is 19.2 Å². The highest BCUT2D eigenvalue weighted by Crippen LogP contribution is 2.16. The van der Waals surface area contributed by atoms with Crippen molar-refractivity contribution in [2.45, 2.75) is 18.6 Å². The van der Waals surface area contributed by atoms with Gasteiger partial charge in [-0.3, -0.25) is 14.5 Å². The molecule has 2 atom stereocenters. The lowest BCUT2D eigenvalue weighted by molar-refractivity contribution is -0.132. The fourth-order valence-electron chi connectivity index (χ4n) is 2.79. The summed E-state index contributed by atoms with van der Waals surface area (Å²) in [7, 11) is 1.52. The van der Waals surface area contributed by atoms with Crippen LogP contribution in [0.3, 0.4) is 0 Å². The minimum Gasteiger partial charge on any atom is -0.472 e. The van der Waals surface area contributed by atoms with Crippen molar-refractivity contribution in [3.05, 3.63) is 24.4 Å². The maximum Gasteiger partial charge on any atom is 0.327 e. The number of likely N-dealkylation sites (N-methyl/N-ethyl adjacent to an activating group) is 1. The molecule has 3 rings (SSSR count). The van der Waals surface area contributed by atoms with Crippen molar-refractivity contribution in [1.82, 2.24) is 20.1 Å². The van der Waals surface area contributed by atoms with Gasteiger partial charge in [0, 0.05) is 25.7 Å². The summed E-state index contributed by atoms with van der Waals surface area (Å²) in [6, 6.07) is 4.49. The molecule has 1 N–H and O–H groups in total. The second kappa shape index (κ2) is 7.47. The van der Waals surface area contributed by atoms with Crippen LogP contribution in [0.2, 0.25) is 0 Å². The summed E-state index contributed by atoms with van der Waals surface area (Å²) in [5, 5.41) is 2.79. The summed E-state index contributed by atoms with van der Waals surface area (Å²) in [6.45, 7) is 0.502. The van der Waals surface area contributed by atoms with Crippen LogP contribution in [-0.4, -0.2) is 78.1 Å². The molecule has 9 heteroatoms. The molecule has 4 amide bonds. The summed E-state index contributed by atoms with van der Waals surface area (Å²) >= 11 is 0. The highest BCUT2D eigenvalue weighted by molar-refractivity contribution is 6.04. The highest BCUT2D eigenvalue weighted by atomic mass is 16.5. The Kier molecular flexibility index (Phi) is 5.13. The van der Waals surface area contributed by atoms with E-state index in [-0.39, 0.29) is 31.1 Å². The van der Waals surface area contributed by atoms with Crippen LogP contribution in [0.5, 0.6) is 5.88 Å². The van der Waals surface area contributed by atoms with Crippen LogP contribution in [0.15, 0.2) is 24.4 Å². The van der Waals surface area contributed by atoms with E-state index >= 15 is 0 Å². The van der Waals surface area contributed by atoms with Crippen molar-refractivity contribution < 1.29 is 23.9 Å². The third-order valence-corrected chi connectivity index (χ3v) is 4.08. The fourth-order valence-corrected chi connectivity index (χ4v) is 2.79. The molecule has 2 fully saturated rings. The zero-order valence-electron chi connectivity index (χ0n) is 13.9. The molecule has 25 heavy (non-hydrogen) atoms. The molecule has 3 heterocycles. The van der Waals surface area contributed by atoms with Crippen LogP contribution in [-0.2, 0) is 14.3 Å². The average Bonchev–Trinajstić information content (AvgIpc) is 2.84. The van der Waals surface area contributed by atoms with Crippen molar-refractivity contribution in [1.29, 1.82) is 0 Å². The van der Waals surface area contributed by atoms with E-state index in [1.165, 1.54) is 11.9 Å². The molecule has 0 aliphatic carbocycles. The number of nitrogens with one attached hydrogen (secondary N) is 1. The Hall–Kier alpha value is -2.68. The first-order valence-electron chi connectivity index (χ1n) is 8.05. The Balaban J connectivity index is 1.58. The molecule has 0 unspecified atom stereocenters. The Bertz CT molecular complexity index is 653. The van der Waals surface area contributed by atoms with Gasteiger partial charge >= 0.3 is 6.03 Å². The lowest BCUT2D eigenvalue weighted by Gasteiger charge is -2.32. The van der Waals surface area contributed by atoms with Gasteiger partial charge in [0.2, 0.25) is 11.8 Å². The maximum absolute atomic E-state index is 12.3. The first-order chi connectivity index (χ1) is 12.0. The zero-order valence-corrected chi connectivity index (χ0v) is 13.9. The molecule has 2 aliphatic rings. The van der Waals surface area contributed by atoms with Gasteiger partial charge in [0.15, 0.2) is 0 Å². The molecule has 0 aromatic carbocycles. The smallest absolute Gasteiger partial charge is 0.327 e. The molecule has 0 saturated carbocycles. The molecule has 0 radical (unpaired) electrons. The Morgan fingerprint density at radius 3 is 2.96 bits per heavy atom. The van der Waals surface area contributed by atoms with Gasteiger partial charge in [-0.25, -0.2) is 9.78 Å². The molecule has 2 saturated heterocycles. The van der Waals surface area contributed by atoms with E-state index in [0.29, 0.717) is 25.5 Å². The number of imide groups is 1. The summed E-state index contributed by atoms with van der Waals surface area (Å²) < 4.78 is 11.2. The van der Waals surface area contributed by atoms with Crippen molar-refractivity contribution >= 4 is 17.8 Å². The second-order valence-corrected chi connectivity index (χ2v) is 5.98. The van der Waals surface area contributed by atoms with Gasteiger partial charge < -0.3 is 19.7 Å². The summed E-state index contributed by atoms with van der Waals surface area (Å²) in [6.07, 6.45) is 1.94. The van der Waals surface area contributed by atoms with Gasteiger partial charge in [0.25, 0.3) is 5.91 Å². The van der Waals surface area contributed by atoms with E-state index in [1.54, 1.807) is 18.3 Å². The van der Waals surface area contributed by atoms with E-state index < -0.39 is 11.9 Å². The molecular formula is C16H20N4O5. The number of urea groups is 1.